The first-order valence-electron chi connectivity index (χ1n) is 13.4. The summed E-state index contributed by atoms with van der Waals surface area (Å²) < 4.78 is 12.7. The minimum Gasteiger partial charge on any atom is -0.489 e. The van der Waals surface area contributed by atoms with E-state index in [9.17, 15) is 9.59 Å². The largest absolute Gasteiger partial charge is 0.489 e. The van der Waals surface area contributed by atoms with Crippen molar-refractivity contribution in [1.82, 2.24) is 0 Å². The summed E-state index contributed by atoms with van der Waals surface area (Å²) in [4.78, 5) is 26.5. The number of hydrogen-bond donors (Lipinski definition) is 0. The lowest BCUT2D eigenvalue weighted by Gasteiger charge is -2.23. The fourth-order valence-corrected chi connectivity index (χ4v) is 6.27. The Labute approximate surface area is 230 Å². The van der Waals surface area contributed by atoms with Gasteiger partial charge in [-0.05, 0) is 34.0 Å². The second-order valence-corrected chi connectivity index (χ2v) is 10.1. The molecular formula is C36H22O4. The second-order valence-electron chi connectivity index (χ2n) is 10.1. The Morgan fingerprint density at radius 2 is 0.800 bits per heavy atom. The third kappa shape index (κ3) is 3.20. The molecule has 0 bridgehead atoms. The van der Waals surface area contributed by atoms with E-state index in [1.165, 1.54) is 0 Å². The third-order valence-electron chi connectivity index (χ3n) is 7.98. The lowest BCUT2D eigenvalue weighted by atomic mass is 9.82. The van der Waals surface area contributed by atoms with Crippen molar-refractivity contribution in [2.75, 3.05) is 13.2 Å². The number of fused-ring (bicyclic) bond motifs is 4. The van der Waals surface area contributed by atoms with Gasteiger partial charge in [-0.3, -0.25) is 9.59 Å². The van der Waals surface area contributed by atoms with Gasteiger partial charge in [0.1, 0.15) is 24.7 Å². The first-order valence-corrected chi connectivity index (χ1v) is 13.4. The lowest BCUT2D eigenvalue weighted by molar-refractivity contribution is 0.103. The average Bonchev–Trinajstić information content (AvgIpc) is 3.01. The summed E-state index contributed by atoms with van der Waals surface area (Å²) in [6, 6.07) is 35.0. The van der Waals surface area contributed by atoms with Gasteiger partial charge in [0.25, 0.3) is 0 Å². The van der Waals surface area contributed by atoms with Crippen LogP contribution in [0.4, 0.5) is 0 Å². The van der Waals surface area contributed by atoms with Crippen LogP contribution in [0.3, 0.4) is 0 Å². The second kappa shape index (κ2) is 8.65. The molecule has 0 heterocycles. The van der Waals surface area contributed by atoms with Crippen LogP contribution in [0.2, 0.25) is 0 Å². The fourth-order valence-electron chi connectivity index (χ4n) is 6.27. The predicted molar refractivity (Wildman–Crippen MR) is 157 cm³/mol. The van der Waals surface area contributed by atoms with Crippen LogP contribution in [-0.2, 0) is 0 Å². The van der Waals surface area contributed by atoms with Crippen LogP contribution in [0.25, 0.3) is 43.8 Å². The summed E-state index contributed by atoms with van der Waals surface area (Å²) >= 11 is 0. The van der Waals surface area contributed by atoms with E-state index >= 15 is 0 Å². The summed E-state index contributed by atoms with van der Waals surface area (Å²) in [5.74, 6) is 1.53. The van der Waals surface area contributed by atoms with Crippen LogP contribution in [0.1, 0.15) is 31.8 Å². The first-order chi connectivity index (χ1) is 19.7. The zero-order valence-corrected chi connectivity index (χ0v) is 21.4. The summed E-state index contributed by atoms with van der Waals surface area (Å²) in [6.45, 7) is 0.632. The highest BCUT2D eigenvalue weighted by Crippen LogP contribution is 2.46. The molecule has 0 atom stereocenters. The molecule has 0 amide bonds. The summed E-state index contributed by atoms with van der Waals surface area (Å²) in [7, 11) is 0. The fraction of sp³-hybridized carbons (Fsp3) is 0.0556. The number of carbonyl (C=O) groups is 2. The maximum atomic E-state index is 13.2. The molecule has 0 spiro atoms. The van der Waals surface area contributed by atoms with Gasteiger partial charge in [0.2, 0.25) is 0 Å². The quantitative estimate of drug-likeness (QED) is 0.218. The molecular weight excluding hydrogens is 496 g/mol. The van der Waals surface area contributed by atoms with E-state index < -0.39 is 0 Å². The molecule has 2 aliphatic carbocycles. The van der Waals surface area contributed by atoms with Crippen LogP contribution >= 0.6 is 0 Å². The number of hydrogen-bond acceptors (Lipinski definition) is 4. The highest BCUT2D eigenvalue weighted by molar-refractivity contribution is 6.27. The Morgan fingerprint density at radius 1 is 0.400 bits per heavy atom. The maximum Gasteiger partial charge on any atom is 0.194 e. The highest BCUT2D eigenvalue weighted by atomic mass is 16.5. The monoisotopic (exact) mass is 518 g/mol. The molecule has 0 aromatic heterocycles. The van der Waals surface area contributed by atoms with Crippen molar-refractivity contribution >= 4 is 33.1 Å². The molecule has 0 saturated carbocycles. The van der Waals surface area contributed by atoms with E-state index in [0.29, 0.717) is 35.5 Å². The van der Waals surface area contributed by atoms with E-state index in [1.54, 1.807) is 0 Å². The minimum absolute atomic E-state index is 0.0394. The van der Waals surface area contributed by atoms with Crippen molar-refractivity contribution in [3.63, 3.8) is 0 Å². The van der Waals surface area contributed by atoms with Gasteiger partial charge in [-0.1, -0.05) is 97.1 Å². The van der Waals surface area contributed by atoms with Crippen molar-refractivity contribution in [2.45, 2.75) is 0 Å². The maximum absolute atomic E-state index is 13.2. The van der Waals surface area contributed by atoms with Crippen LogP contribution in [0, 0.1) is 0 Å². The molecule has 0 saturated heterocycles. The van der Waals surface area contributed by atoms with Gasteiger partial charge in [0.15, 0.2) is 11.6 Å². The number of rotatable bonds is 5. The Kier molecular flexibility index (Phi) is 4.92. The zero-order valence-electron chi connectivity index (χ0n) is 21.4. The highest BCUT2D eigenvalue weighted by Gasteiger charge is 2.29. The molecule has 2 aliphatic rings. The third-order valence-corrected chi connectivity index (χ3v) is 7.98. The van der Waals surface area contributed by atoms with Crippen molar-refractivity contribution in [2.24, 2.45) is 0 Å². The molecule has 0 fully saturated rings. The molecule has 190 valence electrons. The Morgan fingerprint density at radius 3 is 1.25 bits per heavy atom. The number of ether oxygens (including phenoxy) is 2. The normalized spacial score (nSPS) is 12.8. The van der Waals surface area contributed by atoms with Crippen LogP contribution < -0.4 is 9.47 Å². The first kappa shape index (κ1) is 22.7. The number of benzene rings is 6. The molecule has 6 aromatic rings. The lowest BCUT2D eigenvalue weighted by Crippen LogP contribution is -2.14. The SMILES string of the molecule is O=C1c2ccccc2-c2c(OCCOc3ccc4cccc5c4c3-c3ccccc3C5=O)ccc3cccc1c23. The molecule has 0 radical (unpaired) electrons. The van der Waals surface area contributed by atoms with E-state index in [0.717, 1.165) is 55.3 Å². The van der Waals surface area contributed by atoms with Gasteiger partial charge in [-0.25, -0.2) is 0 Å². The van der Waals surface area contributed by atoms with E-state index in [4.69, 9.17) is 9.47 Å². The molecule has 6 aromatic carbocycles. The molecule has 0 N–H and O–H groups in total. The van der Waals surface area contributed by atoms with E-state index in [2.05, 4.69) is 0 Å². The standard InChI is InChI=1S/C36H22O4/c37-35-25-11-3-1-9-23(25)33-29(17-15-21-7-5-13-27(35)31(21)33)39-19-20-40-30-18-16-22-8-6-14-28-32(22)34(30)24-10-2-4-12-26(24)36(28)38/h1-18H,19-20H2. The number of carbonyl (C=O) groups excluding carboxylic acids is 2. The molecule has 40 heavy (non-hydrogen) atoms. The van der Waals surface area contributed by atoms with E-state index in [1.807, 2.05) is 109 Å². The Balaban J connectivity index is 1.14. The van der Waals surface area contributed by atoms with E-state index in [-0.39, 0.29) is 11.6 Å². The summed E-state index contributed by atoms with van der Waals surface area (Å²) in [5.41, 5.74) is 6.45. The van der Waals surface area contributed by atoms with Gasteiger partial charge < -0.3 is 9.47 Å². The smallest absolute Gasteiger partial charge is 0.194 e. The Bertz CT molecular complexity index is 1900. The topological polar surface area (TPSA) is 52.6 Å². The number of ketones is 2. The van der Waals surface area contributed by atoms with Gasteiger partial charge >= 0.3 is 0 Å². The predicted octanol–water partition coefficient (Wildman–Crippen LogP) is 7.87. The molecule has 4 heteroatoms. The van der Waals surface area contributed by atoms with Crippen molar-refractivity contribution < 1.29 is 19.1 Å². The minimum atomic E-state index is 0.0394. The van der Waals surface area contributed by atoms with Crippen molar-refractivity contribution in [3.05, 3.63) is 131 Å². The van der Waals surface area contributed by atoms with Crippen LogP contribution in [0.5, 0.6) is 11.5 Å². The van der Waals surface area contributed by atoms with Crippen molar-refractivity contribution in [3.8, 4) is 33.8 Å². The van der Waals surface area contributed by atoms with Crippen LogP contribution in [-0.4, -0.2) is 24.8 Å². The van der Waals surface area contributed by atoms with Gasteiger partial charge in [-0.2, -0.15) is 0 Å². The average molecular weight is 519 g/mol. The Hall–Kier alpha value is -5.22. The molecule has 8 rings (SSSR count). The van der Waals surface area contributed by atoms with Crippen molar-refractivity contribution in [1.29, 1.82) is 0 Å². The van der Waals surface area contributed by atoms with Gasteiger partial charge in [0, 0.05) is 44.2 Å². The van der Waals surface area contributed by atoms with Gasteiger partial charge in [0.05, 0.1) is 0 Å². The van der Waals surface area contributed by atoms with Crippen LogP contribution in [0.15, 0.2) is 109 Å². The zero-order chi connectivity index (χ0) is 26.8. The molecule has 0 aliphatic heterocycles. The van der Waals surface area contributed by atoms with Gasteiger partial charge in [-0.15, -0.1) is 0 Å². The summed E-state index contributed by atoms with van der Waals surface area (Å²) in [5, 5.41) is 3.88. The molecule has 4 nitrogen and oxygen atoms in total. The summed E-state index contributed by atoms with van der Waals surface area (Å²) in [6.07, 6.45) is 0. The molecule has 0 unspecified atom stereocenters.